The van der Waals surface area contributed by atoms with E-state index in [1.54, 1.807) is 0 Å². The lowest BCUT2D eigenvalue weighted by molar-refractivity contribution is -0.169. The van der Waals surface area contributed by atoms with Gasteiger partial charge in [0.15, 0.2) is 0 Å². The van der Waals surface area contributed by atoms with E-state index in [0.29, 0.717) is 11.1 Å². The van der Waals surface area contributed by atoms with Gasteiger partial charge in [0.1, 0.15) is 29.0 Å². The summed E-state index contributed by atoms with van der Waals surface area (Å²) in [5.41, 5.74) is 0.871. The number of hydrogen-bond acceptors (Lipinski definition) is 6. The van der Waals surface area contributed by atoms with Crippen LogP contribution < -0.4 is 14.8 Å². The summed E-state index contributed by atoms with van der Waals surface area (Å²) in [5.74, 6) is -2.72. The third-order valence-electron chi connectivity index (χ3n) is 4.49. The van der Waals surface area contributed by atoms with E-state index in [0.717, 1.165) is 18.3 Å². The Morgan fingerprint density at radius 2 is 1.80 bits per heavy atom. The molecule has 1 aromatic carbocycles. The lowest BCUT2D eigenvalue weighted by atomic mass is 10.0. The average Bonchev–Trinajstić information content (AvgIpc) is 2.79. The molecule has 2 heterocycles. The first kappa shape index (κ1) is 26.0. The Hall–Kier alpha value is -3.61. The number of hydrogen-bond donors (Lipinski definition) is 1. The van der Waals surface area contributed by atoms with E-state index >= 15 is 0 Å². The molecular formula is C22H19F5N4O3S. The predicted octanol–water partition coefficient (Wildman–Crippen LogP) is 5.20. The Labute approximate surface area is 199 Å². The van der Waals surface area contributed by atoms with E-state index < -0.39 is 34.4 Å². The van der Waals surface area contributed by atoms with Crippen molar-refractivity contribution in [1.29, 1.82) is 0 Å². The minimum atomic E-state index is -5.04. The van der Waals surface area contributed by atoms with Crippen LogP contribution in [0.5, 0.6) is 11.6 Å². The van der Waals surface area contributed by atoms with Gasteiger partial charge in [0, 0.05) is 29.0 Å². The molecule has 0 aliphatic heterocycles. The van der Waals surface area contributed by atoms with Gasteiger partial charge in [-0.05, 0) is 36.1 Å². The van der Waals surface area contributed by atoms with Gasteiger partial charge in [-0.3, -0.25) is 4.79 Å². The fourth-order valence-electron chi connectivity index (χ4n) is 3.01. The molecule has 2 aromatic heterocycles. The zero-order valence-electron chi connectivity index (χ0n) is 18.6. The van der Waals surface area contributed by atoms with Crippen LogP contribution in [0.4, 0.5) is 33.6 Å². The van der Waals surface area contributed by atoms with Gasteiger partial charge >= 0.3 is 12.1 Å². The molecule has 0 aliphatic rings. The monoisotopic (exact) mass is 514 g/mol. The smallest absolute Gasteiger partial charge is 0.474 e. The first-order valence-corrected chi connectivity index (χ1v) is 11.5. The number of ether oxygens (including phenoxy) is 2. The van der Waals surface area contributed by atoms with E-state index in [1.165, 1.54) is 44.7 Å². The second kappa shape index (κ2) is 10.8. The minimum absolute atomic E-state index is 0.0181. The van der Waals surface area contributed by atoms with Crippen molar-refractivity contribution in [3.63, 3.8) is 0 Å². The maximum Gasteiger partial charge on any atom is 0.474 e. The maximum atomic E-state index is 14.5. The van der Waals surface area contributed by atoms with Crippen LogP contribution in [-0.4, -0.2) is 42.5 Å². The SMILES string of the molecule is COc1cc(C/S(C)=N\C(=O)C(F)(F)F)cc(Nc2cc(-c3ccc(F)cc3OC)c(F)cn2)n1. The molecule has 0 aliphatic carbocycles. The highest BCUT2D eigenvalue weighted by atomic mass is 32.2. The van der Waals surface area contributed by atoms with E-state index in [-0.39, 0.29) is 34.6 Å². The summed E-state index contributed by atoms with van der Waals surface area (Å²) >= 11 is 0. The molecule has 186 valence electrons. The van der Waals surface area contributed by atoms with Crippen LogP contribution in [-0.2, 0) is 21.2 Å². The van der Waals surface area contributed by atoms with Gasteiger partial charge < -0.3 is 14.8 Å². The number of halogens is 5. The zero-order chi connectivity index (χ0) is 25.8. The third-order valence-corrected chi connectivity index (χ3v) is 5.72. The zero-order valence-corrected chi connectivity index (χ0v) is 19.4. The van der Waals surface area contributed by atoms with Gasteiger partial charge in [-0.1, -0.05) is 10.7 Å². The fourth-order valence-corrected chi connectivity index (χ4v) is 4.11. The number of nitrogens with one attached hydrogen (secondary N) is 1. The van der Waals surface area contributed by atoms with Crippen molar-refractivity contribution in [2.75, 3.05) is 25.8 Å². The second-order valence-electron chi connectivity index (χ2n) is 7.06. The molecule has 35 heavy (non-hydrogen) atoms. The molecule has 0 bridgehead atoms. The van der Waals surface area contributed by atoms with Crippen LogP contribution in [0.3, 0.4) is 0 Å². The van der Waals surface area contributed by atoms with Crippen molar-refractivity contribution < 1.29 is 36.2 Å². The van der Waals surface area contributed by atoms with E-state index in [9.17, 15) is 26.7 Å². The Kier molecular flexibility index (Phi) is 7.99. The lowest BCUT2D eigenvalue weighted by Crippen LogP contribution is -2.21. The van der Waals surface area contributed by atoms with Crippen molar-refractivity contribution in [2.24, 2.45) is 4.36 Å². The summed E-state index contributed by atoms with van der Waals surface area (Å²) in [6.07, 6.45) is -2.68. The molecule has 0 saturated heterocycles. The van der Waals surface area contributed by atoms with Gasteiger partial charge in [-0.15, -0.1) is 0 Å². The number of amides is 1. The van der Waals surface area contributed by atoms with Crippen molar-refractivity contribution in [1.82, 2.24) is 9.97 Å². The summed E-state index contributed by atoms with van der Waals surface area (Å²) in [7, 11) is 1.42. The van der Waals surface area contributed by atoms with Crippen LogP contribution >= 0.6 is 0 Å². The summed E-state index contributed by atoms with van der Waals surface area (Å²) in [6, 6.07) is 8.03. The lowest BCUT2D eigenvalue weighted by Gasteiger charge is -2.13. The van der Waals surface area contributed by atoms with Crippen LogP contribution in [0.2, 0.25) is 0 Å². The number of rotatable bonds is 7. The fraction of sp³-hybridized carbons (Fsp3) is 0.227. The second-order valence-corrected chi connectivity index (χ2v) is 8.73. The Bertz CT molecular complexity index is 1280. The molecule has 1 N–H and O–H groups in total. The molecule has 1 atom stereocenters. The van der Waals surface area contributed by atoms with Crippen LogP contribution in [0, 0.1) is 11.6 Å². The van der Waals surface area contributed by atoms with Gasteiger partial charge in [0.25, 0.3) is 0 Å². The summed E-state index contributed by atoms with van der Waals surface area (Å²) < 4.78 is 79.0. The van der Waals surface area contributed by atoms with Crippen molar-refractivity contribution in [3.8, 4) is 22.8 Å². The molecule has 0 fully saturated rings. The van der Waals surface area contributed by atoms with Gasteiger partial charge in [0.05, 0.1) is 20.4 Å². The van der Waals surface area contributed by atoms with Crippen molar-refractivity contribution in [2.45, 2.75) is 11.9 Å². The van der Waals surface area contributed by atoms with Crippen LogP contribution in [0.1, 0.15) is 5.56 Å². The number of methoxy groups -OCH3 is 2. The molecule has 7 nitrogen and oxygen atoms in total. The Balaban J connectivity index is 1.91. The first-order valence-electron chi connectivity index (χ1n) is 9.77. The molecule has 1 unspecified atom stereocenters. The topological polar surface area (TPSA) is 85.7 Å². The molecule has 3 aromatic rings. The highest BCUT2D eigenvalue weighted by Gasteiger charge is 2.38. The highest BCUT2D eigenvalue weighted by Crippen LogP contribution is 2.34. The quantitative estimate of drug-likeness (QED) is 0.436. The number of carbonyl (C=O) groups is 1. The minimum Gasteiger partial charge on any atom is -0.496 e. The molecule has 0 spiro atoms. The average molecular weight is 514 g/mol. The molecule has 0 radical (unpaired) electrons. The van der Waals surface area contributed by atoms with E-state index in [2.05, 4.69) is 19.6 Å². The molecule has 0 saturated carbocycles. The van der Waals surface area contributed by atoms with Gasteiger partial charge in [-0.25, -0.2) is 13.8 Å². The molecule has 13 heteroatoms. The standard InChI is InChI=1S/C22H19F5N4O3S/c1-33-17-8-13(23)4-5-14(17)15-9-18(28-10-16(15)24)29-19-6-12(7-20(30-19)34-2)11-35(3)31-21(32)22(25,26)27/h4-10H,11H2,1-3H3,(H,28,29,30). The Morgan fingerprint density at radius 3 is 2.46 bits per heavy atom. The van der Waals surface area contributed by atoms with Crippen molar-refractivity contribution >= 4 is 28.2 Å². The van der Waals surface area contributed by atoms with Gasteiger partial charge in [-0.2, -0.15) is 22.5 Å². The predicted molar refractivity (Wildman–Crippen MR) is 121 cm³/mol. The largest absolute Gasteiger partial charge is 0.496 e. The van der Waals surface area contributed by atoms with Crippen LogP contribution in [0.15, 0.2) is 47.0 Å². The molecular weight excluding hydrogens is 495 g/mol. The van der Waals surface area contributed by atoms with E-state index in [1.807, 2.05) is 0 Å². The third kappa shape index (κ3) is 6.72. The van der Waals surface area contributed by atoms with Crippen molar-refractivity contribution in [3.05, 3.63) is 59.8 Å². The number of carbonyl (C=O) groups excluding carboxylic acids is 1. The maximum absolute atomic E-state index is 14.5. The number of aromatic nitrogens is 2. The normalized spacial score (nSPS) is 12.3. The first-order chi connectivity index (χ1) is 16.5. The van der Waals surface area contributed by atoms with Gasteiger partial charge in [0.2, 0.25) is 5.88 Å². The number of anilines is 2. The molecule has 1 amide bonds. The number of nitrogens with zero attached hydrogens (tertiary/aromatic N) is 3. The van der Waals surface area contributed by atoms with Crippen LogP contribution in [0.25, 0.3) is 11.1 Å². The number of benzene rings is 1. The number of alkyl halides is 3. The number of pyridine rings is 2. The molecule has 3 rings (SSSR count). The summed E-state index contributed by atoms with van der Waals surface area (Å²) in [6.45, 7) is 0. The summed E-state index contributed by atoms with van der Waals surface area (Å²) in [4.78, 5) is 19.3. The highest BCUT2D eigenvalue weighted by molar-refractivity contribution is 7.86. The Morgan fingerprint density at radius 1 is 1.06 bits per heavy atom. The van der Waals surface area contributed by atoms with E-state index in [4.69, 9.17) is 9.47 Å². The summed E-state index contributed by atoms with van der Waals surface area (Å²) in [5, 5.41) is 2.89.